The summed E-state index contributed by atoms with van der Waals surface area (Å²) in [6, 6.07) is 9.34. The molecule has 7 nitrogen and oxygen atoms in total. The number of benzene rings is 1. The second-order valence-electron chi connectivity index (χ2n) is 3.79. The Labute approximate surface area is 118 Å². The molecule has 0 amide bonds. The third kappa shape index (κ3) is 3.29. The van der Waals surface area contributed by atoms with Gasteiger partial charge in [0.2, 0.25) is 0 Å². The average molecular weight is 291 g/mol. The topological polar surface area (TPSA) is 99.2 Å². The third-order valence-corrected chi connectivity index (χ3v) is 3.49. The zero-order valence-electron chi connectivity index (χ0n) is 10.1. The van der Waals surface area contributed by atoms with E-state index in [1.165, 1.54) is 36.2 Å². The third-order valence-electron chi connectivity index (χ3n) is 2.50. The van der Waals surface area contributed by atoms with Crippen LogP contribution in [0.5, 0.6) is 0 Å². The maximum absolute atomic E-state index is 10.9. The first-order valence-electron chi connectivity index (χ1n) is 5.53. The lowest BCUT2D eigenvalue weighted by Gasteiger charge is -2.02. The first-order valence-corrected chi connectivity index (χ1v) is 6.52. The van der Waals surface area contributed by atoms with Gasteiger partial charge in [-0.15, -0.1) is 11.8 Å². The average Bonchev–Trinajstić information content (AvgIpc) is 2.45. The predicted molar refractivity (Wildman–Crippen MR) is 73.5 cm³/mol. The van der Waals surface area contributed by atoms with Gasteiger partial charge >= 0.3 is 0 Å². The number of hydrogen-bond acceptors (Lipinski definition) is 6. The zero-order chi connectivity index (χ0) is 14.5. The van der Waals surface area contributed by atoms with E-state index >= 15 is 0 Å². The highest BCUT2D eigenvalue weighted by molar-refractivity contribution is 7.98. The van der Waals surface area contributed by atoms with Crippen molar-refractivity contribution in [3.8, 4) is 0 Å². The molecule has 1 aromatic heterocycles. The molecule has 0 fully saturated rings. The second kappa shape index (κ2) is 6.11. The quantitative estimate of drug-likeness (QED) is 0.476. The molecule has 0 unspecified atom stereocenters. The standard InChI is InChI=1S/C12H9N3O4S/c16-14(17)10-5-6-12(13-7-10)20-8-9-3-1-2-4-11(9)15(18)19/h1-7H,8H2. The van der Waals surface area contributed by atoms with Gasteiger partial charge in [-0.3, -0.25) is 20.2 Å². The van der Waals surface area contributed by atoms with E-state index < -0.39 is 9.85 Å². The Morgan fingerprint density at radius 3 is 2.40 bits per heavy atom. The van der Waals surface area contributed by atoms with Crippen LogP contribution in [0.15, 0.2) is 47.6 Å². The van der Waals surface area contributed by atoms with Crippen molar-refractivity contribution in [2.75, 3.05) is 0 Å². The number of pyridine rings is 1. The molecule has 0 N–H and O–H groups in total. The number of nitro benzene ring substituents is 1. The fourth-order valence-electron chi connectivity index (χ4n) is 1.53. The maximum atomic E-state index is 10.9. The normalized spacial score (nSPS) is 10.2. The summed E-state index contributed by atoms with van der Waals surface area (Å²) in [5.74, 6) is 0.377. The van der Waals surface area contributed by atoms with Gasteiger partial charge < -0.3 is 0 Å². The highest BCUT2D eigenvalue weighted by Crippen LogP contribution is 2.27. The largest absolute Gasteiger partial charge is 0.287 e. The Morgan fingerprint density at radius 1 is 1.05 bits per heavy atom. The number of nitrogens with zero attached hydrogens (tertiary/aromatic N) is 3. The minimum atomic E-state index is -0.524. The zero-order valence-corrected chi connectivity index (χ0v) is 10.9. The summed E-state index contributed by atoms with van der Waals surface area (Å²) in [4.78, 5) is 24.3. The molecule has 102 valence electrons. The predicted octanol–water partition coefficient (Wildman–Crippen LogP) is 3.19. The molecular weight excluding hydrogens is 282 g/mol. The summed E-state index contributed by atoms with van der Waals surface area (Å²) in [5.41, 5.74) is 0.560. The molecule has 20 heavy (non-hydrogen) atoms. The molecule has 0 aliphatic heterocycles. The van der Waals surface area contributed by atoms with Crippen LogP contribution in [-0.4, -0.2) is 14.8 Å². The summed E-state index contributed by atoms with van der Waals surface area (Å²) in [6.07, 6.45) is 1.17. The Hall–Kier alpha value is -2.48. The van der Waals surface area contributed by atoms with Gasteiger partial charge in [0.05, 0.1) is 14.9 Å². The van der Waals surface area contributed by atoms with Crippen molar-refractivity contribution in [3.63, 3.8) is 0 Å². The summed E-state index contributed by atoms with van der Waals surface area (Å²) < 4.78 is 0. The molecule has 1 heterocycles. The number of rotatable bonds is 5. The van der Waals surface area contributed by atoms with Crippen molar-refractivity contribution in [2.45, 2.75) is 10.8 Å². The molecule has 0 radical (unpaired) electrons. The van der Waals surface area contributed by atoms with E-state index in [1.54, 1.807) is 18.2 Å². The fourth-order valence-corrected chi connectivity index (χ4v) is 2.37. The second-order valence-corrected chi connectivity index (χ2v) is 4.78. The van der Waals surface area contributed by atoms with Crippen molar-refractivity contribution in [1.29, 1.82) is 0 Å². The van der Waals surface area contributed by atoms with Gasteiger partial charge in [-0.1, -0.05) is 18.2 Å². The number of hydrogen-bond donors (Lipinski definition) is 0. The summed E-state index contributed by atoms with van der Waals surface area (Å²) in [5, 5.41) is 21.9. The van der Waals surface area contributed by atoms with Crippen LogP contribution in [0.4, 0.5) is 11.4 Å². The van der Waals surface area contributed by atoms with Gasteiger partial charge in [-0.2, -0.15) is 0 Å². The first-order chi connectivity index (χ1) is 9.58. The van der Waals surface area contributed by atoms with E-state index in [9.17, 15) is 20.2 Å². The SMILES string of the molecule is O=[N+]([O-])c1ccc(SCc2ccccc2[N+](=O)[O-])nc1. The molecule has 0 atom stereocenters. The Morgan fingerprint density at radius 2 is 1.80 bits per heavy atom. The molecule has 8 heteroatoms. The molecule has 2 aromatic rings. The van der Waals surface area contributed by atoms with Gasteiger partial charge in [0, 0.05) is 23.4 Å². The van der Waals surface area contributed by atoms with Crippen LogP contribution < -0.4 is 0 Å². The number of aromatic nitrogens is 1. The monoisotopic (exact) mass is 291 g/mol. The molecule has 0 saturated carbocycles. The molecule has 0 spiro atoms. The molecule has 0 aliphatic carbocycles. The van der Waals surface area contributed by atoms with Crippen LogP contribution in [0.1, 0.15) is 5.56 Å². The highest BCUT2D eigenvalue weighted by Gasteiger charge is 2.13. The van der Waals surface area contributed by atoms with Crippen LogP contribution in [0, 0.1) is 20.2 Å². The van der Waals surface area contributed by atoms with Crippen LogP contribution in [-0.2, 0) is 5.75 Å². The van der Waals surface area contributed by atoms with Gasteiger partial charge in [0.1, 0.15) is 6.20 Å². The summed E-state index contributed by atoms with van der Waals surface area (Å²) in [7, 11) is 0. The fraction of sp³-hybridized carbons (Fsp3) is 0.0833. The van der Waals surface area contributed by atoms with Crippen LogP contribution >= 0.6 is 11.8 Å². The Bertz CT molecular complexity index is 645. The van der Waals surface area contributed by atoms with Crippen LogP contribution in [0.2, 0.25) is 0 Å². The molecule has 0 bridgehead atoms. The minimum absolute atomic E-state index is 0.0573. The lowest BCUT2D eigenvalue weighted by molar-refractivity contribution is -0.385. The van der Waals surface area contributed by atoms with E-state index in [2.05, 4.69) is 4.98 Å². The van der Waals surface area contributed by atoms with Gasteiger partial charge in [0.25, 0.3) is 11.4 Å². The van der Waals surface area contributed by atoms with Crippen LogP contribution in [0.25, 0.3) is 0 Å². The molecule has 2 rings (SSSR count). The summed E-state index contributed by atoms with van der Waals surface area (Å²) >= 11 is 1.29. The minimum Gasteiger partial charge on any atom is -0.258 e. The van der Waals surface area contributed by atoms with Gasteiger partial charge in [0.15, 0.2) is 0 Å². The van der Waals surface area contributed by atoms with Crippen molar-refractivity contribution >= 4 is 23.1 Å². The smallest absolute Gasteiger partial charge is 0.258 e. The highest BCUT2D eigenvalue weighted by atomic mass is 32.2. The van der Waals surface area contributed by atoms with E-state index in [-0.39, 0.29) is 11.4 Å². The van der Waals surface area contributed by atoms with E-state index in [4.69, 9.17) is 0 Å². The van der Waals surface area contributed by atoms with Crippen molar-refractivity contribution < 1.29 is 9.85 Å². The van der Waals surface area contributed by atoms with E-state index in [0.717, 1.165) is 0 Å². The Balaban J connectivity index is 2.09. The number of para-hydroxylation sites is 1. The van der Waals surface area contributed by atoms with E-state index in [1.807, 2.05) is 0 Å². The van der Waals surface area contributed by atoms with Crippen molar-refractivity contribution in [2.24, 2.45) is 0 Å². The number of nitro groups is 2. The Kier molecular flexibility index (Phi) is 4.26. The molecule has 1 aromatic carbocycles. The molecule has 0 saturated heterocycles. The van der Waals surface area contributed by atoms with E-state index in [0.29, 0.717) is 16.3 Å². The number of thioether (sulfide) groups is 1. The van der Waals surface area contributed by atoms with Gasteiger partial charge in [-0.25, -0.2) is 4.98 Å². The lowest BCUT2D eigenvalue weighted by atomic mass is 10.2. The van der Waals surface area contributed by atoms with Crippen molar-refractivity contribution in [1.82, 2.24) is 4.98 Å². The maximum Gasteiger partial charge on any atom is 0.287 e. The van der Waals surface area contributed by atoms with Crippen molar-refractivity contribution in [3.05, 3.63) is 68.4 Å². The van der Waals surface area contributed by atoms with Gasteiger partial charge in [-0.05, 0) is 6.07 Å². The lowest BCUT2D eigenvalue weighted by Crippen LogP contribution is -1.94. The summed E-state index contributed by atoms with van der Waals surface area (Å²) in [6.45, 7) is 0. The molecular formula is C12H9N3O4S. The first kappa shape index (κ1) is 13.9. The molecule has 0 aliphatic rings. The van der Waals surface area contributed by atoms with Crippen LogP contribution in [0.3, 0.4) is 0 Å².